The molecule has 0 N–H and O–H groups in total. The highest BCUT2D eigenvalue weighted by atomic mass is 16.2. The maximum Gasteiger partial charge on any atom is 0.258 e. The number of fused-ring (bicyclic) bond motifs is 1. The molecule has 3 nitrogen and oxygen atoms in total. The van der Waals surface area contributed by atoms with Gasteiger partial charge in [0.15, 0.2) is 5.78 Å². The Labute approximate surface area is 106 Å². The van der Waals surface area contributed by atoms with Crippen molar-refractivity contribution < 1.29 is 9.59 Å². The average molecular weight is 241 g/mol. The van der Waals surface area contributed by atoms with Crippen LogP contribution in [0.3, 0.4) is 0 Å². The fourth-order valence-electron chi connectivity index (χ4n) is 1.89. The maximum atomic E-state index is 12.1. The standard InChI is InChI=1S/C15H15NO2/c1-10(11(2)17)8-9-13-12-6-4-5-7-14(12)16(3)15(13)18/h4-9H,1-3H3/b10-8+,13-9-. The molecule has 1 heterocycles. The first-order valence-electron chi connectivity index (χ1n) is 5.79. The molecule has 0 atom stereocenters. The van der Waals surface area contributed by atoms with Crippen LogP contribution in [-0.4, -0.2) is 18.7 Å². The fourth-order valence-corrected chi connectivity index (χ4v) is 1.89. The average Bonchev–Trinajstić information content (AvgIpc) is 2.60. The van der Waals surface area contributed by atoms with E-state index in [-0.39, 0.29) is 11.7 Å². The molecule has 0 bridgehead atoms. The number of anilines is 1. The van der Waals surface area contributed by atoms with Crippen molar-refractivity contribution in [1.29, 1.82) is 0 Å². The molecule has 1 aromatic rings. The van der Waals surface area contributed by atoms with Gasteiger partial charge in [-0.15, -0.1) is 0 Å². The Kier molecular flexibility index (Phi) is 3.15. The van der Waals surface area contributed by atoms with Gasteiger partial charge in [-0.1, -0.05) is 24.3 Å². The molecule has 0 saturated heterocycles. The smallest absolute Gasteiger partial charge is 0.258 e. The van der Waals surface area contributed by atoms with Crippen molar-refractivity contribution in [2.45, 2.75) is 13.8 Å². The van der Waals surface area contributed by atoms with Crippen molar-refractivity contribution in [2.24, 2.45) is 0 Å². The molecule has 0 spiro atoms. The van der Waals surface area contributed by atoms with E-state index < -0.39 is 0 Å². The number of hydrogen-bond donors (Lipinski definition) is 0. The normalized spacial score (nSPS) is 17.3. The van der Waals surface area contributed by atoms with Gasteiger partial charge in [0.2, 0.25) is 0 Å². The Bertz CT molecular complexity index is 582. The zero-order chi connectivity index (χ0) is 13.3. The minimum absolute atomic E-state index is 0.0129. The summed E-state index contributed by atoms with van der Waals surface area (Å²) in [6.07, 6.45) is 3.42. The third kappa shape index (κ3) is 1.99. The van der Waals surface area contributed by atoms with E-state index in [9.17, 15) is 9.59 Å². The summed E-state index contributed by atoms with van der Waals surface area (Å²) in [4.78, 5) is 24.9. The molecule has 1 aliphatic heterocycles. The summed E-state index contributed by atoms with van der Waals surface area (Å²) in [5.74, 6) is -0.0252. The van der Waals surface area contributed by atoms with Gasteiger partial charge in [0.1, 0.15) is 0 Å². The molecule has 1 aromatic carbocycles. The summed E-state index contributed by atoms with van der Waals surface area (Å²) in [5, 5.41) is 0. The van der Waals surface area contributed by atoms with Crippen LogP contribution in [0.1, 0.15) is 19.4 Å². The largest absolute Gasteiger partial charge is 0.311 e. The second kappa shape index (κ2) is 4.61. The van der Waals surface area contributed by atoms with Crippen LogP contribution in [-0.2, 0) is 9.59 Å². The molecule has 3 heteroatoms. The van der Waals surface area contributed by atoms with Crippen LogP contribution < -0.4 is 4.90 Å². The number of rotatable bonds is 2. The highest BCUT2D eigenvalue weighted by molar-refractivity contribution is 6.32. The lowest BCUT2D eigenvalue weighted by molar-refractivity contribution is -0.114. The van der Waals surface area contributed by atoms with Crippen molar-refractivity contribution in [1.82, 2.24) is 0 Å². The van der Waals surface area contributed by atoms with Crippen LogP contribution in [0.15, 0.2) is 42.0 Å². The van der Waals surface area contributed by atoms with E-state index in [0.717, 1.165) is 11.3 Å². The van der Waals surface area contributed by atoms with Crippen molar-refractivity contribution in [3.8, 4) is 0 Å². The lowest BCUT2D eigenvalue weighted by Crippen LogP contribution is -2.20. The summed E-state index contributed by atoms with van der Waals surface area (Å²) in [5.41, 5.74) is 3.09. The minimum Gasteiger partial charge on any atom is -0.311 e. The van der Waals surface area contributed by atoms with Gasteiger partial charge in [-0.3, -0.25) is 9.59 Å². The lowest BCUT2D eigenvalue weighted by atomic mass is 10.1. The predicted molar refractivity (Wildman–Crippen MR) is 72.3 cm³/mol. The molecule has 1 aliphatic rings. The van der Waals surface area contributed by atoms with Crippen LogP contribution in [0.4, 0.5) is 5.69 Å². The Hall–Kier alpha value is -2.16. The quantitative estimate of drug-likeness (QED) is 0.746. The molecule has 0 aromatic heterocycles. The predicted octanol–water partition coefficient (Wildman–Crippen LogP) is 2.58. The summed E-state index contributed by atoms with van der Waals surface area (Å²) < 4.78 is 0. The molecule has 0 saturated carbocycles. The monoisotopic (exact) mass is 241 g/mol. The molecule has 2 rings (SSSR count). The fraction of sp³-hybridized carbons (Fsp3) is 0.200. The highest BCUT2D eigenvalue weighted by Crippen LogP contribution is 2.35. The van der Waals surface area contributed by atoms with Gasteiger partial charge < -0.3 is 4.90 Å². The number of allylic oxidation sites excluding steroid dienone is 3. The number of Topliss-reactive ketones (excluding diaryl/α,β-unsaturated/α-hetero) is 1. The molecule has 0 unspecified atom stereocenters. The number of likely N-dealkylation sites (N-methyl/N-ethyl adjacent to an activating group) is 1. The number of para-hydroxylation sites is 1. The topological polar surface area (TPSA) is 37.4 Å². The number of benzene rings is 1. The van der Waals surface area contributed by atoms with Crippen molar-refractivity contribution in [2.75, 3.05) is 11.9 Å². The molecule has 92 valence electrons. The number of carbonyl (C=O) groups is 2. The number of carbonyl (C=O) groups excluding carboxylic acids is 2. The second-order valence-corrected chi connectivity index (χ2v) is 4.37. The van der Waals surface area contributed by atoms with Crippen molar-refractivity contribution >= 4 is 23.0 Å². The third-order valence-corrected chi connectivity index (χ3v) is 3.15. The Morgan fingerprint density at radius 3 is 2.56 bits per heavy atom. The SMILES string of the molecule is CC(=O)/C(C)=C/C=C1\C(=O)N(C)c2ccccc21. The van der Waals surface area contributed by atoms with Crippen LogP contribution in [0.5, 0.6) is 0 Å². The highest BCUT2D eigenvalue weighted by Gasteiger charge is 2.28. The summed E-state index contributed by atoms with van der Waals surface area (Å²) >= 11 is 0. The van der Waals surface area contributed by atoms with Crippen molar-refractivity contribution in [3.63, 3.8) is 0 Å². The molecule has 1 amide bonds. The first-order chi connectivity index (χ1) is 8.52. The first-order valence-corrected chi connectivity index (χ1v) is 5.79. The summed E-state index contributed by atoms with van der Waals surface area (Å²) in [6.45, 7) is 3.26. The van der Waals surface area contributed by atoms with E-state index in [4.69, 9.17) is 0 Å². The van der Waals surface area contributed by atoms with Crippen LogP contribution >= 0.6 is 0 Å². The van der Waals surface area contributed by atoms with Gasteiger partial charge in [0.25, 0.3) is 5.91 Å². The number of hydrogen-bond acceptors (Lipinski definition) is 2. The van der Waals surface area contributed by atoms with Crippen LogP contribution in [0.25, 0.3) is 5.57 Å². The maximum absolute atomic E-state index is 12.1. The zero-order valence-electron chi connectivity index (χ0n) is 10.7. The van der Waals surface area contributed by atoms with E-state index in [1.165, 1.54) is 6.92 Å². The molecular weight excluding hydrogens is 226 g/mol. The van der Waals surface area contributed by atoms with Crippen molar-refractivity contribution in [3.05, 3.63) is 47.6 Å². The van der Waals surface area contributed by atoms with Crippen LogP contribution in [0.2, 0.25) is 0 Å². The molecular formula is C15H15NO2. The molecule has 0 radical (unpaired) electrons. The van der Waals surface area contributed by atoms with E-state index in [2.05, 4.69) is 0 Å². The molecule has 0 aliphatic carbocycles. The Morgan fingerprint density at radius 2 is 1.89 bits per heavy atom. The summed E-state index contributed by atoms with van der Waals surface area (Å²) in [6, 6.07) is 7.64. The summed E-state index contributed by atoms with van der Waals surface area (Å²) in [7, 11) is 1.75. The van der Waals surface area contributed by atoms with Gasteiger partial charge in [-0.25, -0.2) is 0 Å². The lowest BCUT2D eigenvalue weighted by Gasteiger charge is -2.07. The first kappa shape index (κ1) is 12.3. The number of nitrogens with zero attached hydrogens (tertiary/aromatic N) is 1. The Morgan fingerprint density at radius 1 is 1.22 bits per heavy atom. The molecule has 0 fully saturated rings. The zero-order valence-corrected chi connectivity index (χ0v) is 10.7. The second-order valence-electron chi connectivity index (χ2n) is 4.37. The van der Waals surface area contributed by atoms with Gasteiger partial charge in [0.05, 0.1) is 5.69 Å². The minimum atomic E-state index is -0.0381. The van der Waals surface area contributed by atoms with E-state index in [0.29, 0.717) is 11.1 Å². The van der Waals surface area contributed by atoms with Gasteiger partial charge in [-0.05, 0) is 31.6 Å². The van der Waals surface area contributed by atoms with E-state index in [1.54, 1.807) is 31.0 Å². The van der Waals surface area contributed by atoms with Gasteiger partial charge in [-0.2, -0.15) is 0 Å². The van der Waals surface area contributed by atoms with Gasteiger partial charge in [0, 0.05) is 18.2 Å². The van der Waals surface area contributed by atoms with E-state index in [1.807, 2.05) is 24.3 Å². The van der Waals surface area contributed by atoms with Crippen LogP contribution in [0, 0.1) is 0 Å². The number of ketones is 1. The third-order valence-electron chi connectivity index (χ3n) is 3.15. The molecule has 18 heavy (non-hydrogen) atoms. The van der Waals surface area contributed by atoms with Gasteiger partial charge >= 0.3 is 0 Å². The number of amides is 1. The van der Waals surface area contributed by atoms with E-state index >= 15 is 0 Å². The Balaban J connectivity index is 2.47.